The Bertz CT molecular complexity index is 1110. The molecule has 4 rings (SSSR count). The number of nitrogens with zero attached hydrogens (tertiary/aromatic N) is 3. The summed E-state index contributed by atoms with van der Waals surface area (Å²) in [6, 6.07) is 27.2. The summed E-state index contributed by atoms with van der Waals surface area (Å²) in [5, 5.41) is 20.1. The summed E-state index contributed by atoms with van der Waals surface area (Å²) in [5.74, 6) is 0.233. The van der Waals surface area contributed by atoms with Gasteiger partial charge in [-0.15, -0.1) is 16.4 Å². The SMILES string of the molecule is Oc1ccc(C=NN=c2scc(-c3ccccc3)n2-c2ccccc2)cc1. The molecule has 0 atom stereocenters. The van der Waals surface area contributed by atoms with Crippen molar-refractivity contribution in [3.05, 3.63) is 101 Å². The zero-order valence-corrected chi connectivity index (χ0v) is 15.3. The Morgan fingerprint density at radius 2 is 1.48 bits per heavy atom. The average molecular weight is 371 g/mol. The normalized spacial score (nSPS) is 11.9. The van der Waals surface area contributed by atoms with Gasteiger partial charge in [0.1, 0.15) is 5.75 Å². The molecule has 5 heteroatoms. The maximum atomic E-state index is 9.36. The summed E-state index contributed by atoms with van der Waals surface area (Å²) in [4.78, 5) is 0.787. The molecule has 0 spiro atoms. The van der Waals surface area contributed by atoms with Gasteiger partial charge in [-0.1, -0.05) is 48.5 Å². The van der Waals surface area contributed by atoms with Gasteiger partial charge in [0, 0.05) is 11.1 Å². The third kappa shape index (κ3) is 3.88. The minimum Gasteiger partial charge on any atom is -0.508 e. The zero-order chi connectivity index (χ0) is 18.5. The Hall–Kier alpha value is -3.44. The molecule has 1 N–H and O–H groups in total. The highest BCUT2D eigenvalue weighted by molar-refractivity contribution is 7.07. The zero-order valence-electron chi connectivity index (χ0n) is 14.4. The van der Waals surface area contributed by atoms with E-state index in [2.05, 4.69) is 44.4 Å². The van der Waals surface area contributed by atoms with Crippen molar-refractivity contribution in [2.24, 2.45) is 10.2 Å². The van der Waals surface area contributed by atoms with Crippen molar-refractivity contribution in [3.63, 3.8) is 0 Å². The van der Waals surface area contributed by atoms with Crippen LogP contribution in [-0.4, -0.2) is 15.9 Å². The Labute approximate surface area is 161 Å². The van der Waals surface area contributed by atoms with Gasteiger partial charge in [-0.2, -0.15) is 5.10 Å². The van der Waals surface area contributed by atoms with E-state index in [1.807, 2.05) is 36.4 Å². The van der Waals surface area contributed by atoms with E-state index in [4.69, 9.17) is 0 Å². The predicted octanol–water partition coefficient (Wildman–Crippen LogP) is 4.85. The minimum absolute atomic E-state index is 0.233. The molecule has 3 aromatic carbocycles. The summed E-state index contributed by atoms with van der Waals surface area (Å²) in [6.45, 7) is 0. The van der Waals surface area contributed by atoms with E-state index in [1.54, 1.807) is 41.8 Å². The van der Waals surface area contributed by atoms with Crippen molar-refractivity contribution < 1.29 is 5.11 Å². The van der Waals surface area contributed by atoms with Gasteiger partial charge in [0.05, 0.1) is 11.9 Å². The topological polar surface area (TPSA) is 49.9 Å². The number of aromatic hydroxyl groups is 1. The summed E-state index contributed by atoms with van der Waals surface area (Å²) < 4.78 is 2.11. The van der Waals surface area contributed by atoms with Gasteiger partial charge < -0.3 is 5.11 Å². The molecule has 0 aliphatic rings. The number of phenolic OH excluding ortho intramolecular Hbond substituents is 1. The Balaban J connectivity index is 1.79. The first-order chi connectivity index (χ1) is 13.3. The third-order valence-electron chi connectivity index (χ3n) is 4.04. The lowest BCUT2D eigenvalue weighted by molar-refractivity contribution is 0.475. The van der Waals surface area contributed by atoms with E-state index in [1.165, 1.54) is 0 Å². The first kappa shape index (κ1) is 17.0. The maximum absolute atomic E-state index is 9.36. The van der Waals surface area contributed by atoms with Crippen LogP contribution in [0.25, 0.3) is 16.9 Å². The number of aromatic nitrogens is 1. The second kappa shape index (κ2) is 7.85. The molecule has 0 amide bonds. The first-order valence-electron chi connectivity index (χ1n) is 8.49. The second-order valence-corrected chi connectivity index (χ2v) is 6.71. The van der Waals surface area contributed by atoms with Crippen LogP contribution < -0.4 is 4.80 Å². The molecule has 0 bridgehead atoms. The van der Waals surface area contributed by atoms with Crippen molar-refractivity contribution in [2.45, 2.75) is 0 Å². The van der Waals surface area contributed by atoms with Crippen molar-refractivity contribution >= 4 is 17.6 Å². The fourth-order valence-electron chi connectivity index (χ4n) is 2.72. The van der Waals surface area contributed by atoms with Crippen molar-refractivity contribution in [3.8, 4) is 22.7 Å². The fourth-order valence-corrected chi connectivity index (χ4v) is 3.59. The average Bonchev–Trinajstić information content (AvgIpc) is 3.15. The maximum Gasteiger partial charge on any atom is 0.215 e. The molecule has 0 radical (unpaired) electrons. The van der Waals surface area contributed by atoms with Crippen LogP contribution in [0.3, 0.4) is 0 Å². The smallest absolute Gasteiger partial charge is 0.215 e. The highest BCUT2D eigenvalue weighted by Crippen LogP contribution is 2.23. The molecule has 0 saturated heterocycles. The van der Waals surface area contributed by atoms with Gasteiger partial charge in [-0.05, 0) is 47.5 Å². The van der Waals surface area contributed by atoms with E-state index in [0.717, 1.165) is 27.3 Å². The number of benzene rings is 3. The van der Waals surface area contributed by atoms with E-state index < -0.39 is 0 Å². The molecule has 0 saturated carbocycles. The third-order valence-corrected chi connectivity index (χ3v) is 4.85. The van der Waals surface area contributed by atoms with E-state index >= 15 is 0 Å². The number of phenols is 1. The predicted molar refractivity (Wildman–Crippen MR) is 110 cm³/mol. The lowest BCUT2D eigenvalue weighted by Gasteiger charge is -2.08. The van der Waals surface area contributed by atoms with Crippen LogP contribution >= 0.6 is 11.3 Å². The van der Waals surface area contributed by atoms with Crippen LogP contribution in [0, 0.1) is 0 Å². The fraction of sp³-hybridized carbons (Fsp3) is 0. The van der Waals surface area contributed by atoms with Gasteiger partial charge in [-0.25, -0.2) is 0 Å². The van der Waals surface area contributed by atoms with Gasteiger partial charge >= 0.3 is 0 Å². The molecule has 0 aliphatic heterocycles. The molecule has 4 nitrogen and oxygen atoms in total. The Kier molecular flexibility index (Phi) is 4.94. The lowest BCUT2D eigenvalue weighted by atomic mass is 10.1. The molecular formula is C22H17N3OS. The highest BCUT2D eigenvalue weighted by Gasteiger charge is 2.09. The molecule has 1 aromatic heterocycles. The summed E-state index contributed by atoms with van der Waals surface area (Å²) in [5.41, 5.74) is 4.12. The van der Waals surface area contributed by atoms with E-state index in [9.17, 15) is 5.11 Å². The molecule has 0 fully saturated rings. The first-order valence-corrected chi connectivity index (χ1v) is 9.37. The van der Waals surface area contributed by atoms with Crippen LogP contribution in [0.4, 0.5) is 0 Å². The van der Waals surface area contributed by atoms with Crippen LogP contribution in [0.1, 0.15) is 5.56 Å². The molecule has 27 heavy (non-hydrogen) atoms. The number of hydrogen-bond donors (Lipinski definition) is 1. The summed E-state index contributed by atoms with van der Waals surface area (Å²) >= 11 is 1.55. The Morgan fingerprint density at radius 1 is 0.815 bits per heavy atom. The highest BCUT2D eigenvalue weighted by atomic mass is 32.1. The van der Waals surface area contributed by atoms with Gasteiger partial charge in [0.15, 0.2) is 0 Å². The van der Waals surface area contributed by atoms with Crippen molar-refractivity contribution in [2.75, 3.05) is 0 Å². The summed E-state index contributed by atoms with van der Waals surface area (Å²) in [7, 11) is 0. The van der Waals surface area contributed by atoms with Gasteiger partial charge in [-0.3, -0.25) is 4.57 Å². The van der Waals surface area contributed by atoms with Crippen LogP contribution in [0.5, 0.6) is 5.75 Å². The molecular weight excluding hydrogens is 354 g/mol. The number of rotatable bonds is 4. The van der Waals surface area contributed by atoms with Crippen LogP contribution in [0.2, 0.25) is 0 Å². The van der Waals surface area contributed by atoms with Crippen molar-refractivity contribution in [1.82, 2.24) is 4.57 Å². The molecule has 0 unspecified atom stereocenters. The monoisotopic (exact) mass is 371 g/mol. The molecule has 4 aromatic rings. The van der Waals surface area contributed by atoms with Crippen LogP contribution in [0.15, 0.2) is 101 Å². The Morgan fingerprint density at radius 3 is 2.19 bits per heavy atom. The molecule has 1 heterocycles. The number of hydrogen-bond acceptors (Lipinski definition) is 4. The minimum atomic E-state index is 0.233. The van der Waals surface area contributed by atoms with E-state index in [-0.39, 0.29) is 5.75 Å². The van der Waals surface area contributed by atoms with E-state index in [0.29, 0.717) is 0 Å². The second-order valence-electron chi connectivity index (χ2n) is 5.88. The quantitative estimate of drug-likeness (QED) is 0.405. The number of thiazole rings is 1. The lowest BCUT2D eigenvalue weighted by Crippen LogP contribution is -2.13. The number of para-hydroxylation sites is 1. The van der Waals surface area contributed by atoms with Gasteiger partial charge in [0.25, 0.3) is 0 Å². The molecule has 0 aliphatic carbocycles. The van der Waals surface area contributed by atoms with Crippen LogP contribution in [-0.2, 0) is 0 Å². The summed E-state index contributed by atoms with van der Waals surface area (Å²) in [6.07, 6.45) is 1.68. The largest absolute Gasteiger partial charge is 0.508 e. The van der Waals surface area contributed by atoms with Crippen molar-refractivity contribution in [1.29, 1.82) is 0 Å². The molecule has 132 valence electrons. The standard InChI is InChI=1S/C22H17N3OS/c26-20-13-11-17(12-14-20)15-23-24-22-25(19-9-5-2-6-10-19)21(16-27-22)18-7-3-1-4-8-18/h1-16,26H. The van der Waals surface area contributed by atoms with Gasteiger partial charge in [0.2, 0.25) is 4.80 Å².